The normalized spacial score (nSPS) is 19.4. The Kier molecular flexibility index (Phi) is 3.41. The first-order valence-electron chi connectivity index (χ1n) is 5.33. The molecular formula is C12H15NO3. The third kappa shape index (κ3) is 2.33. The van der Waals surface area contributed by atoms with E-state index in [1.54, 1.807) is 19.2 Å². The molecular weight excluding hydrogens is 206 g/mol. The highest BCUT2D eigenvalue weighted by atomic mass is 16.5. The zero-order chi connectivity index (χ0) is 11.4. The first kappa shape index (κ1) is 11.0. The molecule has 16 heavy (non-hydrogen) atoms. The van der Waals surface area contributed by atoms with E-state index in [4.69, 9.17) is 9.47 Å². The van der Waals surface area contributed by atoms with Crippen LogP contribution in [0.25, 0.3) is 0 Å². The van der Waals surface area contributed by atoms with Gasteiger partial charge in [0.25, 0.3) is 5.91 Å². The number of hydrogen-bond donors (Lipinski definition) is 1. The molecule has 0 aromatic heterocycles. The summed E-state index contributed by atoms with van der Waals surface area (Å²) in [6, 6.07) is 7.32. The minimum atomic E-state index is -0.104. The molecule has 4 heteroatoms. The maximum Gasteiger partial charge on any atom is 0.255 e. The number of carbonyl (C=O) groups excluding carboxylic acids is 1. The lowest BCUT2D eigenvalue weighted by molar-refractivity contribution is 0.0927. The van der Waals surface area contributed by atoms with Gasteiger partial charge in [0.15, 0.2) is 0 Å². The third-order valence-electron chi connectivity index (χ3n) is 2.62. The summed E-state index contributed by atoms with van der Waals surface area (Å²) in [6.45, 7) is 1.32. The molecule has 4 nitrogen and oxygen atoms in total. The molecule has 1 saturated heterocycles. The molecule has 1 N–H and O–H groups in total. The van der Waals surface area contributed by atoms with Gasteiger partial charge in [-0.05, 0) is 18.6 Å². The van der Waals surface area contributed by atoms with E-state index in [2.05, 4.69) is 5.32 Å². The van der Waals surface area contributed by atoms with Gasteiger partial charge in [0.1, 0.15) is 5.75 Å². The van der Waals surface area contributed by atoms with Crippen LogP contribution in [0.15, 0.2) is 24.3 Å². The lowest BCUT2D eigenvalue weighted by atomic mass is 10.1. The van der Waals surface area contributed by atoms with E-state index in [1.807, 2.05) is 12.1 Å². The van der Waals surface area contributed by atoms with Gasteiger partial charge >= 0.3 is 0 Å². The number of para-hydroxylation sites is 1. The van der Waals surface area contributed by atoms with E-state index in [0.29, 0.717) is 17.9 Å². The largest absolute Gasteiger partial charge is 0.496 e. The van der Waals surface area contributed by atoms with Crippen molar-refractivity contribution >= 4 is 5.91 Å². The summed E-state index contributed by atoms with van der Waals surface area (Å²) in [5, 5.41) is 2.93. The van der Waals surface area contributed by atoms with Gasteiger partial charge in [-0.25, -0.2) is 0 Å². The van der Waals surface area contributed by atoms with Gasteiger partial charge in [-0.3, -0.25) is 4.79 Å². The van der Waals surface area contributed by atoms with Crippen LogP contribution in [0.5, 0.6) is 5.75 Å². The molecule has 1 aromatic carbocycles. The summed E-state index contributed by atoms with van der Waals surface area (Å²) >= 11 is 0. The maximum absolute atomic E-state index is 11.9. The first-order valence-corrected chi connectivity index (χ1v) is 5.33. The predicted octanol–water partition coefficient (Wildman–Crippen LogP) is 1.21. The molecule has 2 rings (SSSR count). The second-order valence-electron chi connectivity index (χ2n) is 3.73. The van der Waals surface area contributed by atoms with Gasteiger partial charge in [0, 0.05) is 6.61 Å². The van der Waals surface area contributed by atoms with Crippen molar-refractivity contribution in [2.45, 2.75) is 12.5 Å². The number of carbonyl (C=O) groups is 1. The second kappa shape index (κ2) is 4.99. The van der Waals surface area contributed by atoms with E-state index in [9.17, 15) is 4.79 Å². The van der Waals surface area contributed by atoms with E-state index in [1.165, 1.54) is 0 Å². The number of hydrogen-bond acceptors (Lipinski definition) is 3. The molecule has 0 radical (unpaired) electrons. The van der Waals surface area contributed by atoms with Crippen molar-refractivity contribution in [3.05, 3.63) is 29.8 Å². The average Bonchev–Trinajstić information content (AvgIpc) is 2.81. The standard InChI is InChI=1S/C12H15NO3/c1-15-11-5-3-2-4-10(11)12(14)13-9-6-7-16-8-9/h2-5,9H,6-8H2,1H3,(H,13,14)/t9-/m1/s1. The Morgan fingerprint density at radius 1 is 1.50 bits per heavy atom. The number of ether oxygens (including phenoxy) is 2. The quantitative estimate of drug-likeness (QED) is 0.834. The van der Waals surface area contributed by atoms with Crippen LogP contribution in [0.3, 0.4) is 0 Å². The number of amides is 1. The Morgan fingerprint density at radius 2 is 2.31 bits per heavy atom. The van der Waals surface area contributed by atoms with Crippen LogP contribution < -0.4 is 10.1 Å². The summed E-state index contributed by atoms with van der Waals surface area (Å²) in [5.74, 6) is 0.492. The number of methoxy groups -OCH3 is 1. The Balaban J connectivity index is 2.07. The van der Waals surface area contributed by atoms with Gasteiger partial charge in [-0.2, -0.15) is 0 Å². The molecule has 86 valence electrons. The third-order valence-corrected chi connectivity index (χ3v) is 2.62. The molecule has 1 heterocycles. The topological polar surface area (TPSA) is 47.6 Å². The van der Waals surface area contributed by atoms with Crippen LogP contribution in [0, 0.1) is 0 Å². The van der Waals surface area contributed by atoms with Crippen molar-refractivity contribution in [3.8, 4) is 5.75 Å². The van der Waals surface area contributed by atoms with E-state index < -0.39 is 0 Å². The highest BCUT2D eigenvalue weighted by Crippen LogP contribution is 2.17. The van der Waals surface area contributed by atoms with E-state index >= 15 is 0 Å². The monoisotopic (exact) mass is 221 g/mol. The van der Waals surface area contributed by atoms with Crippen molar-refractivity contribution in [1.82, 2.24) is 5.32 Å². The van der Waals surface area contributed by atoms with Crippen LogP contribution >= 0.6 is 0 Å². The molecule has 1 aromatic rings. The van der Waals surface area contributed by atoms with E-state index in [-0.39, 0.29) is 11.9 Å². The summed E-state index contributed by atoms with van der Waals surface area (Å²) in [4.78, 5) is 11.9. The van der Waals surface area contributed by atoms with Crippen molar-refractivity contribution in [2.24, 2.45) is 0 Å². The molecule has 0 saturated carbocycles. The van der Waals surface area contributed by atoms with Gasteiger partial charge in [-0.15, -0.1) is 0 Å². The summed E-state index contributed by atoms with van der Waals surface area (Å²) in [7, 11) is 1.56. The number of benzene rings is 1. The molecule has 1 aliphatic rings. The fourth-order valence-corrected chi connectivity index (χ4v) is 1.74. The van der Waals surface area contributed by atoms with Crippen molar-refractivity contribution in [3.63, 3.8) is 0 Å². The summed E-state index contributed by atoms with van der Waals surface area (Å²) in [5.41, 5.74) is 0.567. The summed E-state index contributed by atoms with van der Waals surface area (Å²) in [6.07, 6.45) is 0.876. The van der Waals surface area contributed by atoms with Crippen LogP contribution in [-0.4, -0.2) is 32.3 Å². The van der Waals surface area contributed by atoms with Gasteiger partial charge < -0.3 is 14.8 Å². The van der Waals surface area contributed by atoms with Crippen LogP contribution in [0.2, 0.25) is 0 Å². The van der Waals surface area contributed by atoms with Crippen molar-refractivity contribution in [2.75, 3.05) is 20.3 Å². The van der Waals surface area contributed by atoms with Crippen molar-refractivity contribution < 1.29 is 14.3 Å². The molecule has 1 atom stereocenters. The van der Waals surface area contributed by atoms with E-state index in [0.717, 1.165) is 13.0 Å². The first-order chi connectivity index (χ1) is 7.81. The highest BCUT2D eigenvalue weighted by molar-refractivity contribution is 5.97. The van der Waals surface area contributed by atoms with Crippen LogP contribution in [0.4, 0.5) is 0 Å². The molecule has 0 spiro atoms. The fourth-order valence-electron chi connectivity index (χ4n) is 1.74. The van der Waals surface area contributed by atoms with Crippen LogP contribution in [0.1, 0.15) is 16.8 Å². The van der Waals surface area contributed by atoms with Gasteiger partial charge in [0.2, 0.25) is 0 Å². The Morgan fingerprint density at radius 3 is 3.00 bits per heavy atom. The Labute approximate surface area is 94.6 Å². The predicted molar refractivity (Wildman–Crippen MR) is 59.7 cm³/mol. The van der Waals surface area contributed by atoms with Crippen molar-refractivity contribution in [1.29, 1.82) is 0 Å². The summed E-state index contributed by atoms with van der Waals surface area (Å²) < 4.78 is 10.3. The minimum absolute atomic E-state index is 0.104. The minimum Gasteiger partial charge on any atom is -0.496 e. The molecule has 1 aliphatic heterocycles. The molecule has 1 amide bonds. The molecule has 0 aliphatic carbocycles. The average molecular weight is 221 g/mol. The number of rotatable bonds is 3. The second-order valence-corrected chi connectivity index (χ2v) is 3.73. The number of nitrogens with one attached hydrogen (secondary N) is 1. The molecule has 0 bridgehead atoms. The lowest BCUT2D eigenvalue weighted by Gasteiger charge is -2.12. The smallest absolute Gasteiger partial charge is 0.255 e. The Hall–Kier alpha value is -1.55. The fraction of sp³-hybridized carbons (Fsp3) is 0.417. The zero-order valence-corrected chi connectivity index (χ0v) is 9.23. The SMILES string of the molecule is COc1ccccc1C(=O)N[C@@H]1CCOC1. The zero-order valence-electron chi connectivity index (χ0n) is 9.23. The highest BCUT2D eigenvalue weighted by Gasteiger charge is 2.20. The molecule has 0 unspecified atom stereocenters. The Bertz CT molecular complexity index is 372. The van der Waals surface area contributed by atoms with Gasteiger partial charge in [-0.1, -0.05) is 12.1 Å². The van der Waals surface area contributed by atoms with Gasteiger partial charge in [0.05, 0.1) is 25.3 Å². The lowest BCUT2D eigenvalue weighted by Crippen LogP contribution is -2.35. The van der Waals surface area contributed by atoms with Crippen LogP contribution in [-0.2, 0) is 4.74 Å². The maximum atomic E-state index is 11.9. The molecule has 1 fully saturated rings.